The van der Waals surface area contributed by atoms with E-state index in [1.807, 2.05) is 0 Å². The first kappa shape index (κ1) is 10.8. The minimum absolute atomic E-state index is 0.121. The summed E-state index contributed by atoms with van der Waals surface area (Å²) in [5, 5.41) is 0. The normalized spacial score (nSPS) is 10.7. The van der Waals surface area contributed by atoms with Crippen LogP contribution in [0.25, 0.3) is 10.3 Å². The van der Waals surface area contributed by atoms with E-state index in [0.717, 1.165) is 11.3 Å². The van der Waals surface area contributed by atoms with E-state index in [0.29, 0.717) is 16.0 Å². The molecule has 1 aromatic carbocycles. The summed E-state index contributed by atoms with van der Waals surface area (Å²) in [6.07, 6.45) is 1.39. The molecule has 0 N–H and O–H groups in total. The van der Waals surface area contributed by atoms with Crippen molar-refractivity contribution in [2.24, 2.45) is 0 Å². The summed E-state index contributed by atoms with van der Waals surface area (Å²) in [7, 11) is 0. The van der Waals surface area contributed by atoms with Gasteiger partial charge in [0.2, 0.25) is 5.76 Å². The fourth-order valence-corrected chi connectivity index (χ4v) is 2.16. The van der Waals surface area contributed by atoms with Crippen LogP contribution in [0.3, 0.4) is 0 Å². The van der Waals surface area contributed by atoms with Gasteiger partial charge < -0.3 is 13.6 Å². The van der Waals surface area contributed by atoms with E-state index in [-0.39, 0.29) is 10.7 Å². The zero-order chi connectivity index (χ0) is 12.5. The number of ether oxygens (including phenoxy) is 1. The van der Waals surface area contributed by atoms with Gasteiger partial charge in [-0.25, -0.2) is 9.59 Å². The highest BCUT2D eigenvalue weighted by Gasteiger charge is 2.12. The van der Waals surface area contributed by atoms with Gasteiger partial charge in [-0.2, -0.15) is 0 Å². The van der Waals surface area contributed by atoms with Crippen LogP contribution in [0.5, 0.6) is 5.75 Å². The van der Waals surface area contributed by atoms with Crippen LogP contribution in [0.15, 0.2) is 50.2 Å². The van der Waals surface area contributed by atoms with Gasteiger partial charge in [-0.3, -0.25) is 0 Å². The summed E-state index contributed by atoms with van der Waals surface area (Å²) < 4.78 is 15.6. The molecule has 0 radical (unpaired) electrons. The number of rotatable bonds is 2. The van der Waals surface area contributed by atoms with Gasteiger partial charge >= 0.3 is 10.9 Å². The Hall–Kier alpha value is -2.34. The summed E-state index contributed by atoms with van der Waals surface area (Å²) in [6.45, 7) is 0. The molecular weight excluding hydrogens is 256 g/mol. The van der Waals surface area contributed by atoms with E-state index in [1.165, 1.54) is 12.3 Å². The van der Waals surface area contributed by atoms with Crippen LogP contribution < -0.4 is 9.68 Å². The molecule has 2 heterocycles. The lowest BCUT2D eigenvalue weighted by Gasteiger charge is -2.01. The molecule has 0 aliphatic carbocycles. The fraction of sp³-hybridized carbons (Fsp3) is 0. The van der Waals surface area contributed by atoms with E-state index in [9.17, 15) is 9.59 Å². The number of fused-ring (bicyclic) bond motifs is 1. The number of carbonyl (C=O) groups is 1. The Balaban J connectivity index is 1.91. The molecule has 0 spiro atoms. The quantitative estimate of drug-likeness (QED) is 0.524. The van der Waals surface area contributed by atoms with Gasteiger partial charge in [0.15, 0.2) is 0 Å². The van der Waals surface area contributed by atoms with Crippen molar-refractivity contribution in [2.45, 2.75) is 0 Å². The van der Waals surface area contributed by atoms with Crippen molar-refractivity contribution < 1.29 is 18.4 Å². The predicted molar refractivity (Wildman–Crippen MR) is 64.0 cm³/mol. The molecule has 0 saturated carbocycles. The summed E-state index contributed by atoms with van der Waals surface area (Å²) in [6, 6.07) is 7.82. The molecule has 3 aromatic rings. The maximum absolute atomic E-state index is 11.6. The van der Waals surface area contributed by atoms with Crippen molar-refractivity contribution in [1.29, 1.82) is 0 Å². The molecule has 0 amide bonds. The molecule has 0 bridgehead atoms. The third-order valence-electron chi connectivity index (χ3n) is 2.23. The van der Waals surface area contributed by atoms with Crippen LogP contribution in [-0.2, 0) is 0 Å². The molecule has 5 nitrogen and oxygen atoms in total. The lowest BCUT2D eigenvalue weighted by molar-refractivity contribution is 0.0701. The molecule has 3 rings (SSSR count). The van der Waals surface area contributed by atoms with Crippen molar-refractivity contribution in [3.05, 3.63) is 52.1 Å². The third kappa shape index (κ3) is 1.93. The molecular formula is C12H6O5S. The molecule has 18 heavy (non-hydrogen) atoms. The van der Waals surface area contributed by atoms with Crippen LogP contribution in [0.1, 0.15) is 10.6 Å². The second-order valence-corrected chi connectivity index (χ2v) is 4.41. The topological polar surface area (TPSA) is 69.7 Å². The number of hydrogen-bond acceptors (Lipinski definition) is 6. The smallest absolute Gasteiger partial charge is 0.396 e. The van der Waals surface area contributed by atoms with Crippen molar-refractivity contribution >= 4 is 27.6 Å². The van der Waals surface area contributed by atoms with Gasteiger partial charge in [0.05, 0.1) is 11.0 Å². The van der Waals surface area contributed by atoms with Crippen molar-refractivity contribution in [3.8, 4) is 5.75 Å². The average molecular weight is 262 g/mol. The summed E-state index contributed by atoms with van der Waals surface area (Å²) in [5.41, 5.74) is 0.475. The highest BCUT2D eigenvalue weighted by Crippen LogP contribution is 2.23. The number of furan rings is 1. The van der Waals surface area contributed by atoms with Gasteiger partial charge in [-0.15, -0.1) is 0 Å². The molecule has 0 fully saturated rings. The monoisotopic (exact) mass is 262 g/mol. The third-order valence-corrected chi connectivity index (χ3v) is 3.02. The molecule has 0 aliphatic heterocycles. The number of carbonyl (C=O) groups excluding carboxylic acids is 1. The molecule has 6 heteroatoms. The lowest BCUT2D eigenvalue weighted by atomic mass is 10.3. The second-order valence-electron chi connectivity index (χ2n) is 3.43. The molecule has 0 atom stereocenters. The fourth-order valence-electron chi connectivity index (χ4n) is 1.47. The van der Waals surface area contributed by atoms with E-state index < -0.39 is 5.97 Å². The first-order chi connectivity index (χ1) is 8.72. The summed E-state index contributed by atoms with van der Waals surface area (Å²) in [4.78, 5) is 22.3. The van der Waals surface area contributed by atoms with E-state index in [2.05, 4.69) is 0 Å². The minimum atomic E-state index is -0.588. The molecule has 0 saturated heterocycles. The lowest BCUT2D eigenvalue weighted by Crippen LogP contribution is -2.06. The zero-order valence-corrected chi connectivity index (χ0v) is 9.73. The van der Waals surface area contributed by atoms with Gasteiger partial charge in [-0.05, 0) is 24.3 Å². The maximum atomic E-state index is 11.6. The van der Waals surface area contributed by atoms with Crippen LogP contribution in [0.2, 0.25) is 0 Å². The predicted octanol–water partition coefficient (Wildman–Crippen LogP) is 2.67. The van der Waals surface area contributed by atoms with Gasteiger partial charge in [0, 0.05) is 6.07 Å². The van der Waals surface area contributed by atoms with Gasteiger partial charge in [-0.1, -0.05) is 11.3 Å². The number of hydrogen-bond donors (Lipinski definition) is 0. The molecule has 0 aliphatic rings. The van der Waals surface area contributed by atoms with Gasteiger partial charge in [0.25, 0.3) is 0 Å². The van der Waals surface area contributed by atoms with Crippen LogP contribution in [0, 0.1) is 0 Å². The maximum Gasteiger partial charge on any atom is 0.396 e. The molecule has 0 unspecified atom stereocenters. The summed E-state index contributed by atoms with van der Waals surface area (Å²) >= 11 is 0.954. The van der Waals surface area contributed by atoms with Crippen LogP contribution >= 0.6 is 11.3 Å². The van der Waals surface area contributed by atoms with Crippen molar-refractivity contribution in [1.82, 2.24) is 0 Å². The SMILES string of the molecule is O=C(Oc1ccc2oc(=O)sc2c1)c1ccco1. The van der Waals surface area contributed by atoms with E-state index in [4.69, 9.17) is 13.6 Å². The van der Waals surface area contributed by atoms with Crippen LogP contribution in [0.4, 0.5) is 0 Å². The Bertz CT molecular complexity index is 750. The highest BCUT2D eigenvalue weighted by molar-refractivity contribution is 7.16. The minimum Gasteiger partial charge on any atom is -0.457 e. The first-order valence-electron chi connectivity index (χ1n) is 5.02. The van der Waals surface area contributed by atoms with Gasteiger partial charge in [0.1, 0.15) is 11.3 Å². The van der Waals surface area contributed by atoms with Crippen LogP contribution in [-0.4, -0.2) is 5.97 Å². The zero-order valence-electron chi connectivity index (χ0n) is 8.91. The Labute approximate surface area is 104 Å². The number of esters is 1. The summed E-state index contributed by atoms with van der Waals surface area (Å²) in [5.74, 6) is -0.133. The first-order valence-corrected chi connectivity index (χ1v) is 5.83. The Morgan fingerprint density at radius 1 is 1.28 bits per heavy atom. The molecule has 2 aromatic heterocycles. The Morgan fingerprint density at radius 2 is 2.17 bits per heavy atom. The second kappa shape index (κ2) is 4.15. The largest absolute Gasteiger partial charge is 0.457 e. The Kier molecular flexibility index (Phi) is 2.49. The Morgan fingerprint density at radius 3 is 2.94 bits per heavy atom. The van der Waals surface area contributed by atoms with Crippen molar-refractivity contribution in [3.63, 3.8) is 0 Å². The highest BCUT2D eigenvalue weighted by atomic mass is 32.1. The number of benzene rings is 1. The van der Waals surface area contributed by atoms with E-state index >= 15 is 0 Å². The standard InChI is InChI=1S/C12H6O5S/c13-11(9-2-1-5-15-9)16-7-3-4-8-10(6-7)18-12(14)17-8/h1-6H. The molecule has 90 valence electrons. The average Bonchev–Trinajstić information content (AvgIpc) is 2.95. The van der Waals surface area contributed by atoms with Crippen molar-refractivity contribution in [2.75, 3.05) is 0 Å². The van der Waals surface area contributed by atoms with E-state index in [1.54, 1.807) is 24.3 Å².